The van der Waals surface area contributed by atoms with E-state index in [9.17, 15) is 18.0 Å². The summed E-state index contributed by atoms with van der Waals surface area (Å²) in [6.45, 7) is 4.21. The van der Waals surface area contributed by atoms with Crippen LogP contribution in [0.15, 0.2) is 47.4 Å². The summed E-state index contributed by atoms with van der Waals surface area (Å²) in [5.74, 6) is -1.68. The molecule has 0 saturated carbocycles. The van der Waals surface area contributed by atoms with Crippen molar-refractivity contribution in [2.45, 2.75) is 37.9 Å². The molecule has 2 aromatic rings. The lowest BCUT2D eigenvalue weighted by molar-refractivity contribution is -0.140. The summed E-state index contributed by atoms with van der Waals surface area (Å²) in [4.78, 5) is 24.5. The average Bonchev–Trinajstić information content (AvgIpc) is 2.78. The molecule has 8 nitrogen and oxygen atoms in total. The molecule has 172 valence electrons. The van der Waals surface area contributed by atoms with Gasteiger partial charge in [-0.25, -0.2) is 8.42 Å². The lowest BCUT2D eigenvalue weighted by Crippen LogP contribution is -2.53. The van der Waals surface area contributed by atoms with Crippen LogP contribution in [0.1, 0.15) is 23.1 Å². The Labute approximate surface area is 192 Å². The monoisotopic (exact) mass is 479 g/mol. The Morgan fingerprint density at radius 2 is 1.78 bits per heavy atom. The molecule has 1 atom stereocenters. The van der Waals surface area contributed by atoms with Crippen molar-refractivity contribution in [3.8, 4) is 0 Å². The normalized spacial score (nSPS) is 17.0. The number of carbonyl (C=O) groups is 2. The van der Waals surface area contributed by atoms with Crippen LogP contribution in [0.5, 0.6) is 0 Å². The molecule has 1 saturated heterocycles. The molecule has 2 aromatic carbocycles. The number of benzene rings is 2. The second-order valence-electron chi connectivity index (χ2n) is 7.58. The average molecular weight is 480 g/mol. The number of ether oxygens (including phenoxy) is 1. The van der Waals surface area contributed by atoms with E-state index >= 15 is 0 Å². The van der Waals surface area contributed by atoms with Crippen LogP contribution in [-0.2, 0) is 30.9 Å². The molecule has 1 aliphatic heterocycles. The second kappa shape index (κ2) is 10.4. The SMILES string of the molecule is Cc1ccc(C)c(S(=O)(=O)N2CCCOC2CNC(=O)C(=O)NCc2ccc(Cl)cc2)c1. The fourth-order valence-corrected chi connectivity index (χ4v) is 5.34. The second-order valence-corrected chi connectivity index (χ2v) is 9.88. The summed E-state index contributed by atoms with van der Waals surface area (Å²) in [5.41, 5.74) is 2.25. The molecule has 0 radical (unpaired) electrons. The zero-order valence-corrected chi connectivity index (χ0v) is 19.5. The Balaban J connectivity index is 1.62. The molecule has 32 heavy (non-hydrogen) atoms. The number of carbonyl (C=O) groups excluding carboxylic acids is 2. The van der Waals surface area contributed by atoms with Gasteiger partial charge in [-0.05, 0) is 55.2 Å². The number of amides is 2. The molecule has 0 aliphatic carbocycles. The van der Waals surface area contributed by atoms with E-state index in [1.165, 1.54) is 4.31 Å². The summed E-state index contributed by atoms with van der Waals surface area (Å²) in [5, 5.41) is 5.57. The summed E-state index contributed by atoms with van der Waals surface area (Å²) in [6, 6.07) is 12.1. The van der Waals surface area contributed by atoms with E-state index in [-0.39, 0.29) is 24.5 Å². The summed E-state index contributed by atoms with van der Waals surface area (Å²) in [7, 11) is -3.84. The van der Waals surface area contributed by atoms with Crippen molar-refractivity contribution in [1.29, 1.82) is 0 Å². The van der Waals surface area contributed by atoms with Crippen LogP contribution in [0.25, 0.3) is 0 Å². The van der Waals surface area contributed by atoms with E-state index in [0.29, 0.717) is 23.6 Å². The van der Waals surface area contributed by atoms with E-state index in [2.05, 4.69) is 10.6 Å². The van der Waals surface area contributed by atoms with Crippen LogP contribution < -0.4 is 10.6 Å². The lowest BCUT2D eigenvalue weighted by Gasteiger charge is -2.35. The van der Waals surface area contributed by atoms with Crippen molar-refractivity contribution >= 4 is 33.4 Å². The van der Waals surface area contributed by atoms with Crippen molar-refractivity contribution < 1.29 is 22.7 Å². The smallest absolute Gasteiger partial charge is 0.309 e. The highest BCUT2D eigenvalue weighted by Gasteiger charge is 2.35. The fraction of sp³-hybridized carbons (Fsp3) is 0.364. The van der Waals surface area contributed by atoms with Crippen LogP contribution in [-0.4, -0.2) is 50.5 Å². The molecule has 1 unspecified atom stereocenters. The van der Waals surface area contributed by atoms with Crippen LogP contribution in [0.4, 0.5) is 0 Å². The number of nitrogens with zero attached hydrogens (tertiary/aromatic N) is 1. The minimum absolute atomic E-state index is 0.142. The van der Waals surface area contributed by atoms with Gasteiger partial charge in [0.15, 0.2) is 0 Å². The maximum atomic E-state index is 13.3. The van der Waals surface area contributed by atoms with Gasteiger partial charge in [0.1, 0.15) is 6.23 Å². The standard InChI is InChI=1S/C22H26ClN3O5S/c1-15-4-5-16(2)19(12-15)32(29,30)26-10-3-11-31-20(26)14-25-22(28)21(27)24-13-17-6-8-18(23)9-7-17/h4-9,12,20H,3,10-11,13-14H2,1-2H3,(H,24,27)(H,25,28). The van der Waals surface area contributed by atoms with Gasteiger partial charge in [-0.15, -0.1) is 0 Å². The van der Waals surface area contributed by atoms with Crippen LogP contribution in [0.2, 0.25) is 5.02 Å². The first-order valence-corrected chi connectivity index (χ1v) is 12.0. The fourth-order valence-electron chi connectivity index (χ4n) is 3.34. The Morgan fingerprint density at radius 3 is 2.50 bits per heavy atom. The van der Waals surface area contributed by atoms with Crippen LogP contribution in [0, 0.1) is 13.8 Å². The maximum absolute atomic E-state index is 13.3. The van der Waals surface area contributed by atoms with E-state index in [4.69, 9.17) is 16.3 Å². The molecule has 2 amide bonds. The van der Waals surface area contributed by atoms with E-state index in [1.807, 2.05) is 13.0 Å². The summed E-state index contributed by atoms with van der Waals surface area (Å²) < 4.78 is 33.4. The third-order valence-corrected chi connectivity index (χ3v) is 7.38. The van der Waals surface area contributed by atoms with Gasteiger partial charge in [-0.2, -0.15) is 4.31 Å². The number of hydrogen-bond acceptors (Lipinski definition) is 5. The lowest BCUT2D eigenvalue weighted by atomic mass is 10.2. The summed E-state index contributed by atoms with van der Waals surface area (Å²) in [6.07, 6.45) is -0.363. The van der Waals surface area contributed by atoms with Gasteiger partial charge in [0.25, 0.3) is 0 Å². The third-order valence-electron chi connectivity index (χ3n) is 5.09. The minimum Gasteiger partial charge on any atom is -0.360 e. The molecular weight excluding hydrogens is 454 g/mol. The zero-order valence-electron chi connectivity index (χ0n) is 17.9. The van der Waals surface area contributed by atoms with Crippen molar-refractivity contribution in [2.24, 2.45) is 0 Å². The zero-order chi connectivity index (χ0) is 23.3. The van der Waals surface area contributed by atoms with Crippen molar-refractivity contribution in [2.75, 3.05) is 19.7 Å². The van der Waals surface area contributed by atoms with Gasteiger partial charge in [0.2, 0.25) is 10.0 Å². The molecule has 2 N–H and O–H groups in total. The first-order valence-electron chi connectivity index (χ1n) is 10.2. The Morgan fingerprint density at radius 1 is 1.09 bits per heavy atom. The first kappa shape index (κ1) is 24.2. The summed E-state index contributed by atoms with van der Waals surface area (Å²) >= 11 is 5.83. The Kier molecular flexibility index (Phi) is 7.89. The molecule has 0 spiro atoms. The van der Waals surface area contributed by atoms with Crippen LogP contribution in [0.3, 0.4) is 0 Å². The van der Waals surface area contributed by atoms with Gasteiger partial charge in [-0.1, -0.05) is 35.9 Å². The predicted molar refractivity (Wildman–Crippen MR) is 120 cm³/mol. The molecule has 1 heterocycles. The molecule has 10 heteroatoms. The topological polar surface area (TPSA) is 105 Å². The van der Waals surface area contributed by atoms with Crippen molar-refractivity contribution in [1.82, 2.24) is 14.9 Å². The molecule has 1 aliphatic rings. The van der Waals surface area contributed by atoms with Crippen molar-refractivity contribution in [3.63, 3.8) is 0 Å². The number of sulfonamides is 1. The first-order chi connectivity index (χ1) is 15.2. The minimum atomic E-state index is -3.84. The number of aryl methyl sites for hydroxylation is 2. The van der Waals surface area contributed by atoms with E-state index < -0.39 is 28.1 Å². The highest BCUT2D eigenvalue weighted by Crippen LogP contribution is 2.25. The number of hydrogen-bond donors (Lipinski definition) is 2. The number of nitrogens with one attached hydrogen (secondary N) is 2. The molecular formula is C22H26ClN3O5S. The number of halogens is 1. The van der Waals surface area contributed by atoms with Gasteiger partial charge < -0.3 is 15.4 Å². The highest BCUT2D eigenvalue weighted by atomic mass is 35.5. The van der Waals surface area contributed by atoms with Crippen LogP contribution >= 0.6 is 11.6 Å². The Bertz CT molecular complexity index is 1090. The maximum Gasteiger partial charge on any atom is 0.309 e. The quantitative estimate of drug-likeness (QED) is 0.617. The van der Waals surface area contributed by atoms with Gasteiger partial charge in [0.05, 0.1) is 18.0 Å². The predicted octanol–water partition coefficient (Wildman–Crippen LogP) is 2.13. The molecule has 0 aromatic heterocycles. The third kappa shape index (κ3) is 5.86. The van der Waals surface area contributed by atoms with E-state index in [0.717, 1.165) is 11.1 Å². The molecule has 0 bridgehead atoms. The molecule has 1 fully saturated rings. The van der Waals surface area contributed by atoms with E-state index in [1.54, 1.807) is 43.3 Å². The Hall–Kier alpha value is -2.46. The van der Waals surface area contributed by atoms with Crippen molar-refractivity contribution in [3.05, 3.63) is 64.2 Å². The largest absolute Gasteiger partial charge is 0.360 e. The van der Waals surface area contributed by atoms with Gasteiger partial charge in [-0.3, -0.25) is 9.59 Å². The number of rotatable bonds is 6. The molecule has 3 rings (SSSR count). The highest BCUT2D eigenvalue weighted by molar-refractivity contribution is 7.89. The van der Waals surface area contributed by atoms with Gasteiger partial charge >= 0.3 is 11.8 Å². The van der Waals surface area contributed by atoms with Gasteiger partial charge in [0, 0.05) is 18.1 Å².